The summed E-state index contributed by atoms with van der Waals surface area (Å²) in [6.07, 6.45) is 3.92. The molecule has 3 aromatic rings. The van der Waals surface area contributed by atoms with E-state index in [0.717, 1.165) is 21.3 Å². The molecule has 1 spiro atoms. The van der Waals surface area contributed by atoms with E-state index in [-0.39, 0.29) is 17.3 Å². The third-order valence-corrected chi connectivity index (χ3v) is 8.72. The van der Waals surface area contributed by atoms with Crippen LogP contribution in [0, 0.1) is 10.8 Å². The third kappa shape index (κ3) is 3.25. The van der Waals surface area contributed by atoms with Crippen molar-refractivity contribution in [3.05, 3.63) is 99.5 Å². The van der Waals surface area contributed by atoms with Crippen molar-refractivity contribution in [1.82, 2.24) is 0 Å². The Morgan fingerprint density at radius 1 is 0.947 bits per heavy atom. The Bertz CT molecular complexity index is 1510. The maximum atomic E-state index is 14.6. The summed E-state index contributed by atoms with van der Waals surface area (Å²) < 4.78 is 6.46. The van der Waals surface area contributed by atoms with Crippen molar-refractivity contribution in [2.24, 2.45) is 10.8 Å². The van der Waals surface area contributed by atoms with Gasteiger partial charge in [-0.15, -0.1) is 0 Å². The van der Waals surface area contributed by atoms with Crippen LogP contribution in [-0.2, 0) is 4.79 Å². The lowest BCUT2D eigenvalue weighted by molar-refractivity contribution is -0.127. The quantitative estimate of drug-likeness (QED) is 0.336. The number of fused-ring (bicyclic) bond motifs is 5. The topological polar surface area (TPSA) is 63.7 Å². The van der Waals surface area contributed by atoms with Gasteiger partial charge in [-0.2, -0.15) is 0 Å². The van der Waals surface area contributed by atoms with Crippen LogP contribution in [0.4, 0.5) is 5.69 Å². The Morgan fingerprint density at radius 3 is 2.26 bits per heavy atom. The molecule has 6 rings (SSSR count). The van der Waals surface area contributed by atoms with Crippen LogP contribution in [0.2, 0.25) is 0 Å². The van der Waals surface area contributed by atoms with E-state index in [2.05, 4.69) is 15.9 Å². The van der Waals surface area contributed by atoms with Crippen LogP contribution in [0.5, 0.6) is 5.75 Å². The molecule has 1 saturated heterocycles. The Labute approximate surface area is 230 Å². The molecule has 2 heterocycles. The summed E-state index contributed by atoms with van der Waals surface area (Å²) in [5.41, 5.74) is 1.13. The molecule has 0 amide bonds. The maximum Gasteiger partial charge on any atom is 0.180 e. The fourth-order valence-corrected chi connectivity index (χ4v) is 6.98. The van der Waals surface area contributed by atoms with Gasteiger partial charge in [0.2, 0.25) is 0 Å². The third-order valence-electron chi connectivity index (χ3n) is 8.23. The van der Waals surface area contributed by atoms with E-state index in [4.69, 9.17) is 4.74 Å². The Balaban J connectivity index is 1.70. The number of Topliss-reactive ketones (excluding diaryl/α,β-unsaturated/α-hetero) is 3. The largest absolute Gasteiger partial charge is 0.497 e. The number of carbonyl (C=O) groups is 3. The van der Waals surface area contributed by atoms with Gasteiger partial charge >= 0.3 is 0 Å². The number of methoxy groups -OCH3 is 1. The lowest BCUT2D eigenvalue weighted by atomic mass is 9.63. The first-order chi connectivity index (χ1) is 18.1. The molecule has 192 valence electrons. The normalized spacial score (nSPS) is 22.9. The van der Waals surface area contributed by atoms with Crippen molar-refractivity contribution < 1.29 is 19.1 Å². The van der Waals surface area contributed by atoms with Gasteiger partial charge in [0.1, 0.15) is 11.2 Å². The van der Waals surface area contributed by atoms with Crippen molar-refractivity contribution in [1.29, 1.82) is 0 Å². The Morgan fingerprint density at radius 2 is 1.63 bits per heavy atom. The van der Waals surface area contributed by atoms with Gasteiger partial charge in [0.15, 0.2) is 17.3 Å². The highest BCUT2D eigenvalue weighted by Crippen LogP contribution is 2.61. The summed E-state index contributed by atoms with van der Waals surface area (Å²) in [6, 6.07) is 19.0. The molecule has 2 aliphatic heterocycles. The molecule has 0 bridgehead atoms. The zero-order valence-electron chi connectivity index (χ0n) is 21.7. The molecule has 0 N–H and O–H groups in total. The van der Waals surface area contributed by atoms with Gasteiger partial charge in [-0.25, -0.2) is 0 Å². The average Bonchev–Trinajstić information content (AvgIpc) is 3.33. The van der Waals surface area contributed by atoms with Gasteiger partial charge in [-0.3, -0.25) is 14.4 Å². The molecule has 38 heavy (non-hydrogen) atoms. The number of carbonyl (C=O) groups excluding carboxylic acids is 3. The second-order valence-corrected chi connectivity index (χ2v) is 12.2. The number of ketones is 3. The molecule has 5 nitrogen and oxygen atoms in total. The van der Waals surface area contributed by atoms with E-state index in [1.807, 2.05) is 80.3 Å². The van der Waals surface area contributed by atoms with Gasteiger partial charge in [0.25, 0.3) is 0 Å². The summed E-state index contributed by atoms with van der Waals surface area (Å²) in [7, 11) is 1.59. The standard InChI is InChI=1S/C32H28BrNO4/c1-31(2,3)30(37)27-26(19-8-7-9-21(17-19)38-4)32(28(35)22-10-5-6-11-23(22)29(32)36)25-15-12-18-16-20(33)13-14-24(18)34(25)27/h5-17,25-27H,1-4H3/t25?,26-,27+/m0/s1. The van der Waals surface area contributed by atoms with Crippen LogP contribution >= 0.6 is 15.9 Å². The molecular formula is C32H28BrNO4. The van der Waals surface area contributed by atoms with E-state index in [1.165, 1.54) is 0 Å². The summed E-state index contributed by atoms with van der Waals surface area (Å²) in [5.74, 6) is -0.584. The number of hydrogen-bond acceptors (Lipinski definition) is 5. The first kappa shape index (κ1) is 24.8. The predicted molar refractivity (Wildman–Crippen MR) is 151 cm³/mol. The number of nitrogens with zero attached hydrogens (tertiary/aromatic N) is 1. The highest BCUT2D eigenvalue weighted by Gasteiger charge is 2.71. The van der Waals surface area contributed by atoms with E-state index in [1.54, 1.807) is 31.4 Å². The van der Waals surface area contributed by atoms with Crippen LogP contribution < -0.4 is 9.64 Å². The van der Waals surface area contributed by atoms with Crippen molar-refractivity contribution in [2.45, 2.75) is 38.8 Å². The summed E-state index contributed by atoms with van der Waals surface area (Å²) in [6.45, 7) is 5.69. The van der Waals surface area contributed by atoms with Gasteiger partial charge in [0.05, 0.1) is 19.2 Å². The van der Waals surface area contributed by atoms with Crippen molar-refractivity contribution in [2.75, 3.05) is 12.0 Å². The highest BCUT2D eigenvalue weighted by molar-refractivity contribution is 9.10. The molecule has 1 unspecified atom stereocenters. The fraction of sp³-hybridized carbons (Fsp3) is 0.281. The van der Waals surface area contributed by atoms with E-state index < -0.39 is 28.8 Å². The fourth-order valence-electron chi connectivity index (χ4n) is 6.60. The number of benzene rings is 3. The SMILES string of the molecule is COc1cccc([C@H]2[C@H](C(=O)C(C)(C)C)N3c4ccc(Br)cc4C=CC3C23C(=O)c2ccccc2C3=O)c1. The van der Waals surface area contributed by atoms with Crippen LogP contribution in [0.3, 0.4) is 0 Å². The molecule has 0 saturated carbocycles. The van der Waals surface area contributed by atoms with Crippen molar-refractivity contribution >= 4 is 45.0 Å². The van der Waals surface area contributed by atoms with Gasteiger partial charge in [0, 0.05) is 32.6 Å². The molecular weight excluding hydrogens is 542 g/mol. The van der Waals surface area contributed by atoms with Gasteiger partial charge < -0.3 is 9.64 Å². The number of ether oxygens (including phenoxy) is 1. The van der Waals surface area contributed by atoms with E-state index in [9.17, 15) is 14.4 Å². The smallest absolute Gasteiger partial charge is 0.180 e. The van der Waals surface area contributed by atoms with Gasteiger partial charge in [-0.05, 0) is 41.5 Å². The molecule has 0 radical (unpaired) electrons. The minimum absolute atomic E-state index is 0.0204. The van der Waals surface area contributed by atoms with Crippen molar-refractivity contribution in [3.8, 4) is 5.75 Å². The second-order valence-electron chi connectivity index (χ2n) is 11.3. The Kier molecular flexibility index (Phi) is 5.55. The molecule has 3 aromatic carbocycles. The van der Waals surface area contributed by atoms with Crippen molar-refractivity contribution in [3.63, 3.8) is 0 Å². The molecule has 3 atom stereocenters. The minimum Gasteiger partial charge on any atom is -0.497 e. The molecule has 6 heteroatoms. The van der Waals surface area contributed by atoms with Gasteiger partial charge in [-0.1, -0.05) is 85.3 Å². The number of rotatable bonds is 3. The van der Waals surface area contributed by atoms with Crippen LogP contribution in [0.25, 0.3) is 6.08 Å². The summed E-state index contributed by atoms with van der Waals surface area (Å²) >= 11 is 3.56. The highest BCUT2D eigenvalue weighted by atomic mass is 79.9. The van der Waals surface area contributed by atoms with E-state index >= 15 is 0 Å². The lowest BCUT2D eigenvalue weighted by Gasteiger charge is -2.38. The minimum atomic E-state index is -1.50. The number of hydrogen-bond donors (Lipinski definition) is 0. The van der Waals surface area contributed by atoms with Crippen LogP contribution in [0.15, 0.2) is 77.3 Å². The first-order valence-electron chi connectivity index (χ1n) is 12.7. The first-order valence-corrected chi connectivity index (χ1v) is 13.5. The van der Waals surface area contributed by atoms with Crippen LogP contribution in [-0.4, -0.2) is 36.5 Å². The zero-order chi connectivity index (χ0) is 27.0. The molecule has 1 aliphatic carbocycles. The second kappa shape index (κ2) is 8.50. The summed E-state index contributed by atoms with van der Waals surface area (Å²) in [5, 5.41) is 0. The molecule has 1 fully saturated rings. The van der Waals surface area contributed by atoms with E-state index in [0.29, 0.717) is 16.9 Å². The number of anilines is 1. The summed E-state index contributed by atoms with van der Waals surface area (Å²) in [4.78, 5) is 45.6. The molecule has 3 aliphatic rings. The average molecular weight is 570 g/mol. The predicted octanol–water partition coefficient (Wildman–Crippen LogP) is 6.51. The number of halogens is 1. The molecule has 0 aromatic heterocycles. The van der Waals surface area contributed by atoms with Crippen LogP contribution in [0.1, 0.15) is 58.5 Å². The zero-order valence-corrected chi connectivity index (χ0v) is 23.3. The monoisotopic (exact) mass is 569 g/mol. The lowest BCUT2D eigenvalue weighted by Crippen LogP contribution is -2.49. The maximum absolute atomic E-state index is 14.6. The Hall–Kier alpha value is -3.51.